The van der Waals surface area contributed by atoms with Crippen molar-refractivity contribution in [2.45, 2.75) is 45.8 Å². The number of rotatable bonds is 8. The van der Waals surface area contributed by atoms with Crippen molar-refractivity contribution in [3.05, 3.63) is 68.4 Å². The van der Waals surface area contributed by atoms with E-state index in [0.717, 1.165) is 29.5 Å². The van der Waals surface area contributed by atoms with E-state index in [1.54, 1.807) is 41.9 Å². The second kappa shape index (κ2) is 10.8. The number of carbonyl (C=O) groups is 1. The topological polar surface area (TPSA) is 100 Å². The summed E-state index contributed by atoms with van der Waals surface area (Å²) in [5, 5.41) is 3.38. The summed E-state index contributed by atoms with van der Waals surface area (Å²) >= 11 is 0. The largest absolute Gasteiger partial charge is 0.463 e. The highest BCUT2D eigenvalue weighted by Crippen LogP contribution is 2.19. The van der Waals surface area contributed by atoms with Crippen molar-refractivity contribution in [1.82, 2.24) is 24.0 Å². The standard InChI is InChI=1S/C24H29N5O4.ClH/c1-16(2)11-13-28-20-21(26-23(28)33-15-18-10-7-12-25-18)27(3)24(32)29(22(20)31)14-19(30)17-8-5-4-6-9-17;/h4-6,8-9,11,18,25H,7,10,12-15H2,1-3H3;1H. The lowest BCUT2D eigenvalue weighted by Crippen LogP contribution is -2.41. The van der Waals surface area contributed by atoms with Gasteiger partial charge in [-0.15, -0.1) is 12.4 Å². The molecular formula is C24H30ClN5O4. The van der Waals surface area contributed by atoms with Crippen LogP contribution < -0.4 is 21.3 Å². The summed E-state index contributed by atoms with van der Waals surface area (Å²) in [4.78, 5) is 43.7. The third-order valence-corrected chi connectivity index (χ3v) is 5.85. The van der Waals surface area contributed by atoms with Crippen LogP contribution in [0.3, 0.4) is 0 Å². The zero-order valence-electron chi connectivity index (χ0n) is 19.6. The molecule has 1 unspecified atom stereocenters. The van der Waals surface area contributed by atoms with Crippen molar-refractivity contribution in [3.8, 4) is 6.01 Å². The minimum absolute atomic E-state index is 0. The molecule has 9 nitrogen and oxygen atoms in total. The number of nitrogens with zero attached hydrogens (tertiary/aromatic N) is 4. The summed E-state index contributed by atoms with van der Waals surface area (Å²) in [5.41, 5.74) is 0.852. The monoisotopic (exact) mass is 487 g/mol. The number of carbonyl (C=O) groups excluding carboxylic acids is 1. The maximum absolute atomic E-state index is 13.5. The quantitative estimate of drug-likeness (QED) is 0.386. The van der Waals surface area contributed by atoms with E-state index < -0.39 is 11.2 Å². The van der Waals surface area contributed by atoms with Gasteiger partial charge in [-0.05, 0) is 33.2 Å². The first-order valence-electron chi connectivity index (χ1n) is 11.1. The second-order valence-corrected chi connectivity index (χ2v) is 8.59. The van der Waals surface area contributed by atoms with E-state index in [2.05, 4.69) is 10.3 Å². The average Bonchev–Trinajstić information content (AvgIpc) is 3.46. The predicted molar refractivity (Wildman–Crippen MR) is 133 cm³/mol. The number of allylic oxidation sites excluding steroid dienone is 2. The number of aromatic nitrogens is 4. The fraction of sp³-hybridized carbons (Fsp3) is 0.417. The highest BCUT2D eigenvalue weighted by Gasteiger charge is 2.23. The van der Waals surface area contributed by atoms with E-state index in [1.807, 2.05) is 19.9 Å². The predicted octanol–water partition coefficient (Wildman–Crippen LogP) is 2.30. The SMILES string of the molecule is CC(C)=CCn1c(OCC2CCCN2)nc2c1c(=O)n(CC(=O)c1ccccc1)c(=O)n2C.Cl. The van der Waals surface area contributed by atoms with Gasteiger partial charge in [0.05, 0.1) is 6.54 Å². The highest BCUT2D eigenvalue weighted by atomic mass is 35.5. The number of hydrogen-bond acceptors (Lipinski definition) is 6. The minimum Gasteiger partial charge on any atom is -0.463 e. The molecule has 0 bridgehead atoms. The Morgan fingerprint density at radius 3 is 2.59 bits per heavy atom. The average molecular weight is 488 g/mol. The molecule has 3 aromatic rings. The minimum atomic E-state index is -0.590. The summed E-state index contributed by atoms with van der Waals surface area (Å²) in [6, 6.07) is 9.14. The molecule has 2 aromatic heterocycles. The fourth-order valence-corrected chi connectivity index (χ4v) is 3.98. The maximum Gasteiger partial charge on any atom is 0.332 e. The number of aryl methyl sites for hydroxylation is 1. The molecule has 4 rings (SSSR count). The van der Waals surface area contributed by atoms with Crippen molar-refractivity contribution < 1.29 is 9.53 Å². The first-order valence-corrected chi connectivity index (χ1v) is 11.1. The van der Waals surface area contributed by atoms with E-state index in [9.17, 15) is 14.4 Å². The molecule has 0 saturated carbocycles. The molecule has 10 heteroatoms. The van der Waals surface area contributed by atoms with Gasteiger partial charge in [0.2, 0.25) is 0 Å². The Morgan fingerprint density at radius 1 is 1.21 bits per heavy atom. The Bertz CT molecular complexity index is 1310. The van der Waals surface area contributed by atoms with Crippen LogP contribution in [0.25, 0.3) is 11.2 Å². The van der Waals surface area contributed by atoms with E-state index in [4.69, 9.17) is 4.74 Å². The van der Waals surface area contributed by atoms with Crippen molar-refractivity contribution in [2.75, 3.05) is 13.2 Å². The first kappa shape index (κ1) is 25.5. The molecule has 34 heavy (non-hydrogen) atoms. The number of ether oxygens (including phenoxy) is 1. The Balaban J connectivity index is 0.00000324. The number of hydrogen-bond donors (Lipinski definition) is 1. The van der Waals surface area contributed by atoms with Gasteiger partial charge < -0.3 is 10.1 Å². The molecule has 0 amide bonds. The van der Waals surface area contributed by atoms with Crippen molar-refractivity contribution in [1.29, 1.82) is 0 Å². The Hall–Kier alpha value is -3.17. The van der Waals surface area contributed by atoms with Gasteiger partial charge in [-0.3, -0.25) is 23.3 Å². The molecule has 1 atom stereocenters. The summed E-state index contributed by atoms with van der Waals surface area (Å²) in [7, 11) is 1.55. The van der Waals surface area contributed by atoms with Gasteiger partial charge >= 0.3 is 5.69 Å². The summed E-state index contributed by atoms with van der Waals surface area (Å²) in [5.74, 6) is -0.312. The normalized spacial score (nSPS) is 15.2. The fourth-order valence-electron chi connectivity index (χ4n) is 3.98. The van der Waals surface area contributed by atoms with Gasteiger partial charge in [-0.25, -0.2) is 4.79 Å². The molecule has 0 radical (unpaired) electrons. The molecule has 182 valence electrons. The maximum atomic E-state index is 13.5. The van der Waals surface area contributed by atoms with Crippen LogP contribution in [0.1, 0.15) is 37.0 Å². The van der Waals surface area contributed by atoms with E-state index in [-0.39, 0.29) is 48.0 Å². The van der Waals surface area contributed by atoms with Crippen LogP contribution in [0.15, 0.2) is 51.6 Å². The summed E-state index contributed by atoms with van der Waals surface area (Å²) < 4.78 is 9.96. The van der Waals surface area contributed by atoms with Gasteiger partial charge in [-0.2, -0.15) is 4.98 Å². The zero-order chi connectivity index (χ0) is 23.5. The van der Waals surface area contributed by atoms with Crippen LogP contribution in [0.5, 0.6) is 6.01 Å². The lowest BCUT2D eigenvalue weighted by Gasteiger charge is -2.13. The number of Topliss-reactive ketones (excluding diaryl/α,β-unsaturated/α-hetero) is 1. The highest BCUT2D eigenvalue weighted by molar-refractivity contribution is 5.95. The Morgan fingerprint density at radius 2 is 1.94 bits per heavy atom. The van der Waals surface area contributed by atoms with Crippen LogP contribution in [0.2, 0.25) is 0 Å². The molecule has 3 heterocycles. The number of ketones is 1. The summed E-state index contributed by atoms with van der Waals surface area (Å²) in [6.45, 7) is 5.33. The number of benzene rings is 1. The zero-order valence-corrected chi connectivity index (χ0v) is 20.4. The molecule has 0 spiro atoms. The molecular weight excluding hydrogens is 458 g/mol. The Kier molecular flexibility index (Phi) is 8.11. The molecule has 1 saturated heterocycles. The van der Waals surface area contributed by atoms with E-state index in [1.165, 1.54) is 4.57 Å². The first-order chi connectivity index (χ1) is 15.9. The smallest absolute Gasteiger partial charge is 0.332 e. The third-order valence-electron chi connectivity index (χ3n) is 5.85. The lowest BCUT2D eigenvalue weighted by atomic mass is 10.1. The van der Waals surface area contributed by atoms with Crippen LogP contribution in [0.4, 0.5) is 0 Å². The van der Waals surface area contributed by atoms with Crippen molar-refractivity contribution >= 4 is 29.4 Å². The molecule has 0 aliphatic carbocycles. The van der Waals surface area contributed by atoms with Crippen molar-refractivity contribution in [2.24, 2.45) is 7.05 Å². The number of nitrogens with one attached hydrogen (secondary N) is 1. The van der Waals surface area contributed by atoms with Crippen LogP contribution in [-0.4, -0.2) is 43.7 Å². The molecule has 1 fully saturated rings. The third kappa shape index (κ3) is 5.15. The van der Waals surface area contributed by atoms with Crippen LogP contribution in [0, 0.1) is 0 Å². The van der Waals surface area contributed by atoms with Gasteiger partial charge in [0.15, 0.2) is 16.9 Å². The second-order valence-electron chi connectivity index (χ2n) is 8.59. The van der Waals surface area contributed by atoms with Gasteiger partial charge in [-0.1, -0.05) is 42.0 Å². The molecule has 1 aromatic carbocycles. The molecule has 1 aliphatic heterocycles. The number of imidazole rings is 1. The van der Waals surface area contributed by atoms with Gasteiger partial charge in [0.25, 0.3) is 11.6 Å². The number of fused-ring (bicyclic) bond motifs is 1. The Labute approximate surface area is 203 Å². The summed E-state index contributed by atoms with van der Waals surface area (Å²) in [6.07, 6.45) is 4.07. The van der Waals surface area contributed by atoms with Crippen molar-refractivity contribution in [3.63, 3.8) is 0 Å². The van der Waals surface area contributed by atoms with E-state index in [0.29, 0.717) is 18.7 Å². The van der Waals surface area contributed by atoms with Gasteiger partial charge in [0, 0.05) is 25.2 Å². The van der Waals surface area contributed by atoms with Gasteiger partial charge in [0.1, 0.15) is 6.61 Å². The van der Waals surface area contributed by atoms with Crippen LogP contribution in [-0.2, 0) is 20.1 Å². The molecule has 1 N–H and O–H groups in total. The molecule has 1 aliphatic rings. The number of halogens is 1. The lowest BCUT2D eigenvalue weighted by molar-refractivity contribution is 0.0969. The van der Waals surface area contributed by atoms with E-state index >= 15 is 0 Å². The van der Waals surface area contributed by atoms with Crippen LogP contribution >= 0.6 is 12.4 Å².